The van der Waals surface area contributed by atoms with Crippen LogP contribution in [0.3, 0.4) is 0 Å². The molecule has 17 heavy (non-hydrogen) atoms. The van der Waals surface area contributed by atoms with Gasteiger partial charge in [-0.1, -0.05) is 13.8 Å². The fraction of sp³-hybridized carbons (Fsp3) is 0.615. The van der Waals surface area contributed by atoms with Crippen molar-refractivity contribution < 1.29 is 4.79 Å². The van der Waals surface area contributed by atoms with Gasteiger partial charge in [0, 0.05) is 23.2 Å². The van der Waals surface area contributed by atoms with Gasteiger partial charge in [-0.05, 0) is 32.8 Å². The molecule has 0 bridgehead atoms. The van der Waals surface area contributed by atoms with Crippen LogP contribution in [0, 0.1) is 12.8 Å². The molecule has 0 unspecified atom stereocenters. The summed E-state index contributed by atoms with van der Waals surface area (Å²) in [4.78, 5) is 16.0. The van der Waals surface area contributed by atoms with Gasteiger partial charge in [-0.3, -0.25) is 4.79 Å². The van der Waals surface area contributed by atoms with Crippen LogP contribution in [0.1, 0.15) is 42.2 Å². The molecule has 0 fully saturated rings. The van der Waals surface area contributed by atoms with Crippen molar-refractivity contribution in [1.82, 2.24) is 4.90 Å². The Morgan fingerprint density at radius 3 is 2.35 bits per heavy atom. The zero-order valence-corrected chi connectivity index (χ0v) is 12.1. The van der Waals surface area contributed by atoms with Crippen molar-refractivity contribution in [1.29, 1.82) is 0 Å². The number of carbonyl (C=O) groups excluding carboxylic acids is 1. The highest BCUT2D eigenvalue weighted by atomic mass is 32.1. The molecule has 1 aromatic rings. The first kappa shape index (κ1) is 14.0. The number of amides is 1. The number of nitrogen functional groups attached to an aromatic ring is 1. The van der Waals surface area contributed by atoms with E-state index in [-0.39, 0.29) is 11.9 Å². The Morgan fingerprint density at radius 1 is 1.41 bits per heavy atom. The minimum absolute atomic E-state index is 0.0958. The number of aryl methyl sites for hydroxylation is 1. The zero-order valence-electron chi connectivity index (χ0n) is 11.3. The van der Waals surface area contributed by atoms with Gasteiger partial charge in [-0.2, -0.15) is 0 Å². The Bertz CT molecular complexity index is 377. The van der Waals surface area contributed by atoms with Crippen LogP contribution in [0.5, 0.6) is 0 Å². The Balaban J connectivity index is 2.91. The molecule has 0 saturated heterocycles. The Morgan fingerprint density at radius 2 is 2.00 bits per heavy atom. The standard InChI is InChI=1S/C13H22N2OS/c1-8(2)7-15(9(3)4)13(16)12-6-11(14)10(5)17-12/h6,8-9H,7,14H2,1-5H3. The van der Waals surface area contributed by atoms with Crippen LogP contribution in [0.2, 0.25) is 0 Å². The van der Waals surface area contributed by atoms with Crippen LogP contribution in [0.25, 0.3) is 0 Å². The van der Waals surface area contributed by atoms with E-state index in [0.717, 1.165) is 16.3 Å². The number of carbonyl (C=O) groups is 1. The fourth-order valence-electron chi connectivity index (χ4n) is 1.66. The van der Waals surface area contributed by atoms with Crippen molar-refractivity contribution in [2.75, 3.05) is 12.3 Å². The molecule has 0 spiro atoms. The van der Waals surface area contributed by atoms with E-state index in [2.05, 4.69) is 13.8 Å². The van der Waals surface area contributed by atoms with Gasteiger partial charge < -0.3 is 10.6 Å². The van der Waals surface area contributed by atoms with E-state index >= 15 is 0 Å². The third-order valence-electron chi connectivity index (χ3n) is 2.61. The maximum Gasteiger partial charge on any atom is 0.264 e. The van der Waals surface area contributed by atoms with Crippen molar-refractivity contribution in [3.05, 3.63) is 15.8 Å². The Labute approximate surface area is 108 Å². The summed E-state index contributed by atoms with van der Waals surface area (Å²) in [5.74, 6) is 0.568. The number of hydrogen-bond acceptors (Lipinski definition) is 3. The van der Waals surface area contributed by atoms with Crippen molar-refractivity contribution in [3.8, 4) is 0 Å². The van der Waals surface area contributed by atoms with E-state index in [1.807, 2.05) is 25.7 Å². The maximum atomic E-state index is 12.4. The lowest BCUT2D eigenvalue weighted by Gasteiger charge is -2.28. The SMILES string of the molecule is Cc1sc(C(=O)N(CC(C)C)C(C)C)cc1N. The number of nitrogens with two attached hydrogens (primary N) is 1. The molecule has 0 aromatic carbocycles. The maximum absolute atomic E-state index is 12.4. The molecule has 1 amide bonds. The first-order chi connectivity index (χ1) is 7.82. The average molecular weight is 254 g/mol. The lowest BCUT2D eigenvalue weighted by atomic mass is 10.1. The quantitative estimate of drug-likeness (QED) is 0.897. The summed E-state index contributed by atoms with van der Waals surface area (Å²) in [5.41, 5.74) is 6.51. The number of anilines is 1. The molecule has 0 saturated carbocycles. The van der Waals surface area contributed by atoms with E-state index < -0.39 is 0 Å². The monoisotopic (exact) mass is 254 g/mol. The van der Waals surface area contributed by atoms with Gasteiger partial charge in [0.25, 0.3) is 5.91 Å². The van der Waals surface area contributed by atoms with Crippen molar-refractivity contribution in [2.45, 2.75) is 40.7 Å². The largest absolute Gasteiger partial charge is 0.398 e. The van der Waals surface area contributed by atoms with Gasteiger partial charge in [-0.15, -0.1) is 11.3 Å². The summed E-state index contributed by atoms with van der Waals surface area (Å²) in [6.07, 6.45) is 0. The van der Waals surface area contributed by atoms with E-state index in [4.69, 9.17) is 5.73 Å². The number of hydrogen-bond donors (Lipinski definition) is 1. The summed E-state index contributed by atoms with van der Waals surface area (Å²) >= 11 is 1.48. The normalized spacial score (nSPS) is 11.2. The van der Waals surface area contributed by atoms with Crippen LogP contribution in [0.15, 0.2) is 6.07 Å². The molecule has 0 aliphatic rings. The van der Waals surface area contributed by atoms with Gasteiger partial charge in [0.15, 0.2) is 0 Å². The second-order valence-corrected chi connectivity index (χ2v) is 6.32. The van der Waals surface area contributed by atoms with Gasteiger partial charge in [0.2, 0.25) is 0 Å². The number of rotatable bonds is 4. The molecule has 1 heterocycles. The Hall–Kier alpha value is -1.03. The third kappa shape index (κ3) is 3.46. The molecule has 1 aromatic heterocycles. The van der Waals surface area contributed by atoms with Gasteiger partial charge >= 0.3 is 0 Å². The highest BCUT2D eigenvalue weighted by molar-refractivity contribution is 7.14. The molecule has 2 N–H and O–H groups in total. The number of nitrogens with zero attached hydrogens (tertiary/aromatic N) is 1. The van der Waals surface area contributed by atoms with Crippen LogP contribution >= 0.6 is 11.3 Å². The second-order valence-electron chi connectivity index (χ2n) is 5.07. The topological polar surface area (TPSA) is 46.3 Å². The van der Waals surface area contributed by atoms with Gasteiger partial charge in [0.05, 0.1) is 4.88 Å². The molecule has 96 valence electrons. The van der Waals surface area contributed by atoms with Gasteiger partial charge in [-0.25, -0.2) is 0 Å². The summed E-state index contributed by atoms with van der Waals surface area (Å²) in [6.45, 7) is 11.1. The van der Waals surface area contributed by atoms with Crippen molar-refractivity contribution in [2.24, 2.45) is 5.92 Å². The minimum Gasteiger partial charge on any atom is -0.398 e. The van der Waals surface area contributed by atoms with Crippen molar-refractivity contribution in [3.63, 3.8) is 0 Å². The molecule has 0 aliphatic carbocycles. The second kappa shape index (κ2) is 5.54. The predicted octanol–water partition coefficient (Wildman–Crippen LogP) is 3.15. The molecule has 0 radical (unpaired) electrons. The van der Waals surface area contributed by atoms with Crippen LogP contribution in [-0.4, -0.2) is 23.4 Å². The molecule has 1 rings (SSSR count). The summed E-state index contributed by atoms with van der Waals surface area (Å²) < 4.78 is 0. The minimum atomic E-state index is 0.0958. The predicted molar refractivity (Wildman–Crippen MR) is 74.5 cm³/mol. The molecular weight excluding hydrogens is 232 g/mol. The third-order valence-corrected chi connectivity index (χ3v) is 3.67. The van der Waals surface area contributed by atoms with E-state index in [9.17, 15) is 4.79 Å². The van der Waals surface area contributed by atoms with E-state index in [1.54, 1.807) is 6.07 Å². The Kier molecular flexibility index (Phi) is 4.57. The summed E-state index contributed by atoms with van der Waals surface area (Å²) in [6, 6.07) is 2.01. The highest BCUT2D eigenvalue weighted by Gasteiger charge is 2.21. The lowest BCUT2D eigenvalue weighted by Crippen LogP contribution is -2.39. The van der Waals surface area contributed by atoms with E-state index in [0.29, 0.717) is 11.6 Å². The molecule has 0 atom stereocenters. The number of thiophene rings is 1. The first-order valence-electron chi connectivity index (χ1n) is 5.99. The van der Waals surface area contributed by atoms with Crippen molar-refractivity contribution >= 4 is 22.9 Å². The van der Waals surface area contributed by atoms with E-state index in [1.165, 1.54) is 11.3 Å². The summed E-state index contributed by atoms with van der Waals surface area (Å²) in [5, 5.41) is 0. The molecular formula is C13H22N2OS. The average Bonchev–Trinajstić information content (AvgIpc) is 2.54. The van der Waals surface area contributed by atoms with Crippen LogP contribution in [0.4, 0.5) is 5.69 Å². The molecule has 3 nitrogen and oxygen atoms in total. The lowest BCUT2D eigenvalue weighted by molar-refractivity contribution is 0.0687. The van der Waals surface area contributed by atoms with Crippen LogP contribution < -0.4 is 5.73 Å². The fourth-order valence-corrected chi connectivity index (χ4v) is 2.56. The highest BCUT2D eigenvalue weighted by Crippen LogP contribution is 2.25. The van der Waals surface area contributed by atoms with Crippen LogP contribution in [-0.2, 0) is 0 Å². The molecule has 4 heteroatoms. The van der Waals surface area contributed by atoms with Gasteiger partial charge in [0.1, 0.15) is 0 Å². The zero-order chi connectivity index (χ0) is 13.2. The first-order valence-corrected chi connectivity index (χ1v) is 6.81. The smallest absolute Gasteiger partial charge is 0.264 e. The molecule has 0 aliphatic heterocycles. The summed E-state index contributed by atoms with van der Waals surface area (Å²) in [7, 11) is 0.